The third kappa shape index (κ3) is 3.60. The average molecular weight is 405 g/mol. The molecule has 1 atom stereocenters. The highest BCUT2D eigenvalue weighted by Gasteiger charge is 2.42. The molecule has 1 aliphatic rings. The van der Waals surface area contributed by atoms with Crippen LogP contribution in [-0.4, -0.2) is 24.0 Å². The first kappa shape index (κ1) is 20.2. The zero-order valence-corrected chi connectivity index (χ0v) is 17.7. The lowest BCUT2D eigenvalue weighted by molar-refractivity contribution is 0.0728. The molecule has 0 spiro atoms. The van der Waals surface area contributed by atoms with E-state index in [1.54, 1.807) is 23.1 Å². The first-order valence-electron chi connectivity index (χ1n) is 10.6. The molecule has 3 aromatic rings. The van der Waals surface area contributed by atoms with Gasteiger partial charge in [0, 0.05) is 6.54 Å². The molecule has 0 fully saturated rings. The first-order chi connectivity index (χ1) is 14.5. The van der Waals surface area contributed by atoms with Crippen LogP contribution in [-0.2, 0) is 0 Å². The van der Waals surface area contributed by atoms with E-state index in [-0.39, 0.29) is 17.1 Å². The summed E-state index contributed by atoms with van der Waals surface area (Å²) < 4.78 is 11.8. The van der Waals surface area contributed by atoms with Gasteiger partial charge in [-0.2, -0.15) is 0 Å². The van der Waals surface area contributed by atoms with E-state index < -0.39 is 6.04 Å². The molecular weight excluding hydrogens is 378 g/mol. The molecule has 0 aliphatic carbocycles. The van der Waals surface area contributed by atoms with Crippen molar-refractivity contribution in [3.63, 3.8) is 0 Å². The summed E-state index contributed by atoms with van der Waals surface area (Å²) in [6.07, 6.45) is 1.75. The molecule has 0 saturated heterocycles. The number of hydrogen-bond acceptors (Lipinski definition) is 4. The molecule has 0 radical (unpaired) electrons. The van der Waals surface area contributed by atoms with Crippen molar-refractivity contribution in [1.29, 1.82) is 0 Å². The Kier molecular flexibility index (Phi) is 5.62. The second-order valence-electron chi connectivity index (χ2n) is 8.17. The van der Waals surface area contributed by atoms with Gasteiger partial charge in [-0.15, -0.1) is 0 Å². The van der Waals surface area contributed by atoms with E-state index in [0.29, 0.717) is 35.6 Å². The van der Waals surface area contributed by atoms with E-state index in [1.807, 2.05) is 37.3 Å². The van der Waals surface area contributed by atoms with Crippen LogP contribution in [0.25, 0.3) is 11.0 Å². The standard InChI is InChI=1S/C25H27NO4/c1-4-13-26-22(17-8-7-9-18(15-17)29-14-12-16(2)3)21-23(27)19-10-5-6-11-20(19)30-24(21)25(26)28/h5-11,15-16,22H,4,12-14H2,1-3H3/t22-/m1/s1. The maximum Gasteiger partial charge on any atom is 0.290 e. The van der Waals surface area contributed by atoms with Crippen LogP contribution in [0.15, 0.2) is 57.7 Å². The van der Waals surface area contributed by atoms with E-state index in [4.69, 9.17) is 9.15 Å². The minimum atomic E-state index is -0.470. The molecular formula is C25H27NO4. The average Bonchev–Trinajstić information content (AvgIpc) is 3.01. The molecule has 156 valence electrons. The molecule has 1 amide bonds. The molecule has 5 nitrogen and oxygen atoms in total. The highest BCUT2D eigenvalue weighted by Crippen LogP contribution is 2.39. The molecule has 0 unspecified atom stereocenters. The van der Waals surface area contributed by atoms with Gasteiger partial charge >= 0.3 is 0 Å². The minimum absolute atomic E-state index is 0.144. The number of nitrogens with zero attached hydrogens (tertiary/aromatic N) is 1. The SMILES string of the molecule is CCCN1C(=O)c2oc3ccccc3c(=O)c2[C@H]1c1cccc(OCCC(C)C)c1. The number of para-hydroxylation sites is 1. The van der Waals surface area contributed by atoms with Gasteiger partial charge in [-0.05, 0) is 48.6 Å². The Labute approximate surface area is 176 Å². The number of amides is 1. The normalized spacial score (nSPS) is 15.8. The van der Waals surface area contributed by atoms with Crippen LogP contribution in [0.2, 0.25) is 0 Å². The number of rotatable bonds is 7. The smallest absolute Gasteiger partial charge is 0.290 e. The van der Waals surface area contributed by atoms with Crippen molar-refractivity contribution in [3.8, 4) is 5.75 Å². The van der Waals surface area contributed by atoms with Gasteiger partial charge < -0.3 is 14.1 Å². The fraction of sp³-hybridized carbons (Fsp3) is 0.360. The number of benzene rings is 2. The van der Waals surface area contributed by atoms with E-state index in [0.717, 1.165) is 24.2 Å². The Morgan fingerprint density at radius 1 is 1.10 bits per heavy atom. The van der Waals surface area contributed by atoms with Gasteiger partial charge in [0.2, 0.25) is 5.76 Å². The van der Waals surface area contributed by atoms with Gasteiger partial charge in [-0.25, -0.2) is 0 Å². The Morgan fingerprint density at radius 3 is 2.67 bits per heavy atom. The van der Waals surface area contributed by atoms with Gasteiger partial charge in [0.05, 0.1) is 23.6 Å². The second-order valence-corrected chi connectivity index (χ2v) is 8.17. The number of fused-ring (bicyclic) bond motifs is 2. The highest BCUT2D eigenvalue weighted by molar-refractivity contribution is 5.99. The van der Waals surface area contributed by atoms with Crippen molar-refractivity contribution < 1.29 is 13.9 Å². The Balaban J connectivity index is 1.80. The van der Waals surface area contributed by atoms with Crippen molar-refractivity contribution >= 4 is 16.9 Å². The second kappa shape index (κ2) is 8.34. The van der Waals surface area contributed by atoms with Crippen LogP contribution in [0.4, 0.5) is 0 Å². The fourth-order valence-corrected chi connectivity index (χ4v) is 3.97. The Morgan fingerprint density at radius 2 is 1.90 bits per heavy atom. The molecule has 0 N–H and O–H groups in total. The van der Waals surface area contributed by atoms with Crippen LogP contribution < -0.4 is 10.2 Å². The van der Waals surface area contributed by atoms with Crippen molar-refractivity contribution in [2.75, 3.05) is 13.2 Å². The van der Waals surface area contributed by atoms with Gasteiger partial charge in [0.1, 0.15) is 11.3 Å². The largest absolute Gasteiger partial charge is 0.494 e. The van der Waals surface area contributed by atoms with Crippen LogP contribution in [0.1, 0.15) is 61.3 Å². The summed E-state index contributed by atoms with van der Waals surface area (Å²) in [6, 6.07) is 14.3. The van der Waals surface area contributed by atoms with Gasteiger partial charge in [0.15, 0.2) is 5.43 Å². The summed E-state index contributed by atoms with van der Waals surface area (Å²) in [5.41, 5.74) is 1.58. The Bertz CT molecular complexity index is 1130. The lowest BCUT2D eigenvalue weighted by atomic mass is 9.98. The lowest BCUT2D eigenvalue weighted by Gasteiger charge is -2.25. The monoisotopic (exact) mass is 405 g/mol. The molecule has 2 heterocycles. The van der Waals surface area contributed by atoms with Crippen molar-refractivity contribution in [2.24, 2.45) is 5.92 Å². The maximum atomic E-state index is 13.4. The highest BCUT2D eigenvalue weighted by atomic mass is 16.5. The lowest BCUT2D eigenvalue weighted by Crippen LogP contribution is -2.30. The zero-order valence-electron chi connectivity index (χ0n) is 17.7. The molecule has 5 heteroatoms. The van der Waals surface area contributed by atoms with Crippen LogP contribution in [0.5, 0.6) is 5.75 Å². The topological polar surface area (TPSA) is 59.8 Å². The third-order valence-corrected chi connectivity index (χ3v) is 5.48. The molecule has 0 saturated carbocycles. The van der Waals surface area contributed by atoms with Crippen LogP contribution in [0.3, 0.4) is 0 Å². The summed E-state index contributed by atoms with van der Waals surface area (Å²) in [7, 11) is 0. The molecule has 0 bridgehead atoms. The van der Waals surface area contributed by atoms with Crippen LogP contribution in [0, 0.1) is 5.92 Å². The van der Waals surface area contributed by atoms with E-state index in [2.05, 4.69) is 13.8 Å². The third-order valence-electron chi connectivity index (χ3n) is 5.48. The van der Waals surface area contributed by atoms with Gasteiger partial charge in [0.25, 0.3) is 5.91 Å². The predicted molar refractivity (Wildman–Crippen MR) is 117 cm³/mol. The molecule has 1 aliphatic heterocycles. The predicted octanol–water partition coefficient (Wildman–Crippen LogP) is 5.17. The molecule has 30 heavy (non-hydrogen) atoms. The number of carbonyl (C=O) groups excluding carboxylic acids is 1. The quantitative estimate of drug-likeness (QED) is 0.544. The molecule has 4 rings (SSSR count). The summed E-state index contributed by atoms with van der Waals surface area (Å²) in [5.74, 6) is 1.23. The fourth-order valence-electron chi connectivity index (χ4n) is 3.97. The number of ether oxygens (including phenoxy) is 1. The Hall–Kier alpha value is -3.08. The van der Waals surface area contributed by atoms with Gasteiger partial charge in [-0.1, -0.05) is 45.0 Å². The molecule has 1 aromatic heterocycles. The van der Waals surface area contributed by atoms with E-state index in [1.165, 1.54) is 0 Å². The summed E-state index contributed by atoms with van der Waals surface area (Å²) in [4.78, 5) is 28.3. The first-order valence-corrected chi connectivity index (χ1v) is 10.6. The van der Waals surface area contributed by atoms with Crippen LogP contribution >= 0.6 is 0 Å². The zero-order chi connectivity index (χ0) is 21.3. The van der Waals surface area contributed by atoms with Crippen molar-refractivity contribution in [3.05, 3.63) is 75.6 Å². The summed E-state index contributed by atoms with van der Waals surface area (Å²) in [6.45, 7) is 7.51. The number of carbonyl (C=O) groups is 1. The van der Waals surface area contributed by atoms with E-state index in [9.17, 15) is 9.59 Å². The van der Waals surface area contributed by atoms with Crippen molar-refractivity contribution in [1.82, 2.24) is 4.90 Å². The maximum absolute atomic E-state index is 13.4. The van der Waals surface area contributed by atoms with Gasteiger partial charge in [-0.3, -0.25) is 9.59 Å². The summed E-state index contributed by atoms with van der Waals surface area (Å²) >= 11 is 0. The minimum Gasteiger partial charge on any atom is -0.494 e. The summed E-state index contributed by atoms with van der Waals surface area (Å²) in [5, 5.41) is 0.497. The number of hydrogen-bond donors (Lipinski definition) is 0. The van der Waals surface area contributed by atoms with E-state index >= 15 is 0 Å². The molecule has 2 aromatic carbocycles. The van der Waals surface area contributed by atoms with Crippen molar-refractivity contribution in [2.45, 2.75) is 39.7 Å².